The molecular formula is C10H22N3O5P. The van der Waals surface area contributed by atoms with E-state index in [0.29, 0.717) is 12.8 Å². The fourth-order valence-electron chi connectivity index (χ4n) is 1.64. The molecule has 0 rings (SSSR count). The van der Waals surface area contributed by atoms with Crippen LogP contribution in [0, 0.1) is 0 Å². The van der Waals surface area contributed by atoms with E-state index in [1.807, 2.05) is 6.92 Å². The Labute approximate surface area is 112 Å². The third-order valence-corrected chi connectivity index (χ3v) is 4.39. The maximum absolute atomic E-state index is 11.8. The maximum atomic E-state index is 11.8. The first kappa shape index (κ1) is 18.0. The molecule has 112 valence electrons. The molecule has 8 nitrogen and oxygen atoms in total. The van der Waals surface area contributed by atoms with Gasteiger partial charge in [0.25, 0.3) is 0 Å². The third-order valence-electron chi connectivity index (χ3n) is 2.87. The lowest BCUT2D eigenvalue weighted by atomic mass is 10.0. The van der Waals surface area contributed by atoms with E-state index in [9.17, 15) is 19.0 Å². The van der Waals surface area contributed by atoms with E-state index in [-0.39, 0.29) is 0 Å². The van der Waals surface area contributed by atoms with Crippen LogP contribution in [-0.4, -0.2) is 39.2 Å². The van der Waals surface area contributed by atoms with Gasteiger partial charge in [-0.2, -0.15) is 0 Å². The number of nitrogens with one attached hydrogen (secondary N) is 1. The number of carboxylic acid groups (broad SMARTS) is 1. The lowest BCUT2D eigenvalue weighted by molar-refractivity contribution is -0.138. The second-order valence-electron chi connectivity index (χ2n) is 4.52. The van der Waals surface area contributed by atoms with Crippen molar-refractivity contribution in [2.24, 2.45) is 11.5 Å². The van der Waals surface area contributed by atoms with Crippen LogP contribution in [0.4, 0.5) is 0 Å². The van der Waals surface area contributed by atoms with Gasteiger partial charge in [-0.05, 0) is 13.3 Å². The summed E-state index contributed by atoms with van der Waals surface area (Å²) in [4.78, 5) is 32.0. The molecule has 4 atom stereocenters. The zero-order valence-electron chi connectivity index (χ0n) is 11.0. The fraction of sp³-hybridized carbons (Fsp3) is 0.800. The van der Waals surface area contributed by atoms with Crippen molar-refractivity contribution < 1.29 is 24.2 Å². The monoisotopic (exact) mass is 295 g/mol. The van der Waals surface area contributed by atoms with Crippen molar-refractivity contribution in [3.05, 3.63) is 0 Å². The molecule has 0 aromatic heterocycles. The Kier molecular flexibility index (Phi) is 7.21. The van der Waals surface area contributed by atoms with E-state index in [1.165, 1.54) is 6.92 Å². The van der Waals surface area contributed by atoms with E-state index in [4.69, 9.17) is 16.6 Å². The molecule has 0 spiro atoms. The molecule has 0 radical (unpaired) electrons. The minimum Gasteiger partial charge on any atom is -0.481 e. The number of rotatable bonds is 8. The van der Waals surface area contributed by atoms with Crippen LogP contribution in [0.25, 0.3) is 0 Å². The van der Waals surface area contributed by atoms with Crippen molar-refractivity contribution in [1.82, 2.24) is 5.32 Å². The summed E-state index contributed by atoms with van der Waals surface area (Å²) in [6, 6.07) is -1.86. The molecule has 0 aliphatic carbocycles. The zero-order chi connectivity index (χ0) is 15.2. The lowest BCUT2D eigenvalue weighted by Crippen LogP contribution is -2.60. The molecule has 0 saturated carbocycles. The van der Waals surface area contributed by atoms with Gasteiger partial charge >= 0.3 is 5.97 Å². The molecule has 0 fully saturated rings. The molecule has 19 heavy (non-hydrogen) atoms. The van der Waals surface area contributed by atoms with E-state index in [2.05, 4.69) is 5.32 Å². The standard InChI is InChI=1S/C10H22N3O5P/c1-3-4-7(12)9(16)13-10(6(2)11,19(17)18)5-8(14)15/h6-7,19H,3-5,11-12H2,1-2H3,(H,13,16)(H,14,15)(H,17,18)/t6?,7-,10?/m0/s1. The largest absolute Gasteiger partial charge is 0.481 e. The fourth-order valence-corrected chi connectivity index (χ4v) is 2.56. The van der Waals surface area contributed by atoms with E-state index < -0.39 is 43.7 Å². The summed E-state index contributed by atoms with van der Waals surface area (Å²) in [5.41, 5.74) is 11.2. The predicted octanol–water partition coefficient (Wildman–Crippen LogP) is -0.785. The summed E-state index contributed by atoms with van der Waals surface area (Å²) >= 11 is 0. The van der Waals surface area contributed by atoms with Gasteiger partial charge in [-0.3, -0.25) is 14.2 Å². The average Bonchev–Trinajstić information content (AvgIpc) is 2.26. The highest BCUT2D eigenvalue weighted by Gasteiger charge is 2.44. The molecule has 0 bridgehead atoms. The molecule has 1 amide bonds. The summed E-state index contributed by atoms with van der Waals surface area (Å²) in [7, 11) is -3.41. The molecule has 0 aromatic rings. The molecule has 0 saturated heterocycles. The second-order valence-corrected chi connectivity index (χ2v) is 6.02. The normalized spacial score (nSPS) is 19.0. The number of carbonyl (C=O) groups excluding carboxylic acids is 1. The Hall–Kier alpha value is -0.950. The van der Waals surface area contributed by atoms with Crippen LogP contribution in [0.15, 0.2) is 0 Å². The zero-order valence-corrected chi connectivity index (χ0v) is 12.0. The highest BCUT2D eigenvalue weighted by Crippen LogP contribution is 2.38. The molecule has 3 unspecified atom stereocenters. The van der Waals surface area contributed by atoms with Gasteiger partial charge in [0, 0.05) is 6.04 Å². The van der Waals surface area contributed by atoms with Gasteiger partial charge in [0.05, 0.1) is 12.5 Å². The molecule has 0 aliphatic heterocycles. The number of amides is 1. The Morgan fingerprint density at radius 2 is 1.95 bits per heavy atom. The van der Waals surface area contributed by atoms with Gasteiger partial charge in [0.2, 0.25) is 13.9 Å². The minimum absolute atomic E-state index is 0.389. The number of nitrogens with two attached hydrogens (primary N) is 2. The van der Waals surface area contributed by atoms with E-state index in [1.54, 1.807) is 0 Å². The summed E-state index contributed by atoms with van der Waals surface area (Å²) in [5.74, 6) is -2.00. The first-order valence-electron chi connectivity index (χ1n) is 5.95. The quantitative estimate of drug-likeness (QED) is 0.367. The van der Waals surface area contributed by atoms with Gasteiger partial charge in [-0.15, -0.1) is 0 Å². The highest BCUT2D eigenvalue weighted by molar-refractivity contribution is 7.40. The number of aliphatic carboxylic acids is 1. The van der Waals surface area contributed by atoms with Crippen LogP contribution in [0.5, 0.6) is 0 Å². The summed E-state index contributed by atoms with van der Waals surface area (Å²) in [5, 5.41) is 9.21. The molecular weight excluding hydrogens is 273 g/mol. The Morgan fingerprint density at radius 1 is 1.42 bits per heavy atom. The first-order valence-corrected chi connectivity index (χ1v) is 7.31. The molecule has 0 aromatic carbocycles. The smallest absolute Gasteiger partial charge is 0.306 e. The van der Waals surface area contributed by atoms with Crippen molar-refractivity contribution in [1.29, 1.82) is 0 Å². The van der Waals surface area contributed by atoms with Gasteiger partial charge in [0.15, 0.2) is 0 Å². The Balaban J connectivity index is 5.19. The highest BCUT2D eigenvalue weighted by atomic mass is 31.1. The van der Waals surface area contributed by atoms with Crippen molar-refractivity contribution in [2.45, 2.75) is 50.5 Å². The van der Waals surface area contributed by atoms with Crippen molar-refractivity contribution in [3.8, 4) is 0 Å². The second kappa shape index (κ2) is 7.59. The molecule has 7 N–H and O–H groups in total. The minimum atomic E-state index is -3.41. The van der Waals surface area contributed by atoms with Crippen LogP contribution in [-0.2, 0) is 14.2 Å². The van der Waals surface area contributed by atoms with Gasteiger partial charge in [0.1, 0.15) is 5.28 Å². The maximum Gasteiger partial charge on any atom is 0.306 e. The first-order chi connectivity index (χ1) is 8.67. The number of hydrogen-bond donors (Lipinski definition) is 5. The van der Waals surface area contributed by atoms with Gasteiger partial charge < -0.3 is 26.8 Å². The summed E-state index contributed by atoms with van der Waals surface area (Å²) in [6.07, 6.45) is 0.316. The van der Waals surface area contributed by atoms with Crippen molar-refractivity contribution >= 4 is 19.9 Å². The van der Waals surface area contributed by atoms with Crippen LogP contribution >= 0.6 is 8.03 Å². The van der Waals surface area contributed by atoms with Crippen LogP contribution in [0.1, 0.15) is 33.1 Å². The molecule has 0 aliphatic rings. The summed E-state index contributed by atoms with van der Waals surface area (Å²) in [6.45, 7) is 3.20. The topological polar surface area (TPSA) is 156 Å². The lowest BCUT2D eigenvalue weighted by Gasteiger charge is -2.35. The van der Waals surface area contributed by atoms with Crippen molar-refractivity contribution in [2.75, 3.05) is 0 Å². The molecule has 0 heterocycles. The third kappa shape index (κ3) is 4.91. The number of carbonyl (C=O) groups is 2. The average molecular weight is 295 g/mol. The van der Waals surface area contributed by atoms with Gasteiger partial charge in [-0.25, -0.2) is 0 Å². The predicted molar refractivity (Wildman–Crippen MR) is 70.9 cm³/mol. The van der Waals surface area contributed by atoms with Crippen LogP contribution in [0.2, 0.25) is 0 Å². The van der Waals surface area contributed by atoms with Gasteiger partial charge in [-0.1, -0.05) is 13.3 Å². The Morgan fingerprint density at radius 3 is 2.26 bits per heavy atom. The van der Waals surface area contributed by atoms with E-state index >= 15 is 0 Å². The number of carboxylic acids is 1. The van der Waals surface area contributed by atoms with E-state index in [0.717, 1.165) is 0 Å². The SMILES string of the molecule is CCC[C@H](N)C(=O)NC(CC(=O)O)(C(C)N)[PH](=O)O. The Bertz CT molecular complexity index is 363. The van der Waals surface area contributed by atoms with Crippen LogP contribution < -0.4 is 16.8 Å². The van der Waals surface area contributed by atoms with Crippen molar-refractivity contribution in [3.63, 3.8) is 0 Å². The summed E-state index contributed by atoms with van der Waals surface area (Å²) < 4.78 is 11.5. The molecule has 9 heteroatoms. The van der Waals surface area contributed by atoms with Crippen LogP contribution in [0.3, 0.4) is 0 Å². The number of hydrogen-bond acceptors (Lipinski definition) is 5.